The third-order valence-corrected chi connectivity index (χ3v) is 4.15. The molecule has 0 aliphatic heterocycles. The summed E-state index contributed by atoms with van der Waals surface area (Å²) < 4.78 is 0. The second-order valence-electron chi connectivity index (χ2n) is 5.74. The van der Waals surface area contributed by atoms with Crippen molar-refractivity contribution < 1.29 is 5.11 Å². The van der Waals surface area contributed by atoms with Crippen LogP contribution < -0.4 is 11.1 Å². The first-order valence-corrected chi connectivity index (χ1v) is 6.65. The molecule has 4 N–H and O–H groups in total. The minimum atomic E-state index is 0.163. The summed E-state index contributed by atoms with van der Waals surface area (Å²) in [7, 11) is 0. The Balaban J connectivity index is 2.27. The van der Waals surface area contributed by atoms with Crippen molar-refractivity contribution >= 4 is 0 Å². The Hall–Kier alpha value is -0.120. The third kappa shape index (κ3) is 3.72. The Morgan fingerprint density at radius 2 is 1.94 bits per heavy atom. The molecule has 1 fully saturated rings. The Morgan fingerprint density at radius 1 is 1.31 bits per heavy atom. The van der Waals surface area contributed by atoms with Gasteiger partial charge >= 0.3 is 0 Å². The summed E-state index contributed by atoms with van der Waals surface area (Å²) in [5, 5.41) is 13.0. The second-order valence-corrected chi connectivity index (χ2v) is 5.74. The molecule has 1 aliphatic rings. The van der Waals surface area contributed by atoms with Gasteiger partial charge in [0.15, 0.2) is 0 Å². The van der Waals surface area contributed by atoms with E-state index in [4.69, 9.17) is 5.73 Å². The van der Waals surface area contributed by atoms with Gasteiger partial charge in [-0.3, -0.25) is 0 Å². The fraction of sp³-hybridized carbons (Fsp3) is 1.00. The number of aliphatic hydroxyl groups is 1. The summed E-state index contributed by atoms with van der Waals surface area (Å²) in [4.78, 5) is 0. The molecule has 16 heavy (non-hydrogen) atoms. The Morgan fingerprint density at radius 3 is 2.38 bits per heavy atom. The van der Waals surface area contributed by atoms with Crippen LogP contribution in [0.25, 0.3) is 0 Å². The van der Waals surface area contributed by atoms with Crippen molar-refractivity contribution in [2.75, 3.05) is 26.2 Å². The van der Waals surface area contributed by atoms with E-state index in [9.17, 15) is 5.11 Å². The van der Waals surface area contributed by atoms with Crippen LogP contribution in [0, 0.1) is 17.3 Å². The van der Waals surface area contributed by atoms with E-state index in [1.165, 1.54) is 25.7 Å². The van der Waals surface area contributed by atoms with Crippen LogP contribution in [0.1, 0.15) is 39.5 Å². The normalized spacial score (nSPS) is 21.6. The average molecular weight is 228 g/mol. The van der Waals surface area contributed by atoms with Crippen LogP contribution in [-0.4, -0.2) is 31.3 Å². The molecule has 0 amide bonds. The highest BCUT2D eigenvalue weighted by Gasteiger charge is 2.32. The van der Waals surface area contributed by atoms with Gasteiger partial charge in [-0.05, 0) is 37.8 Å². The lowest BCUT2D eigenvalue weighted by Gasteiger charge is -2.28. The van der Waals surface area contributed by atoms with Gasteiger partial charge in [-0.25, -0.2) is 0 Å². The Kier molecular flexibility index (Phi) is 5.73. The summed E-state index contributed by atoms with van der Waals surface area (Å²) in [6.07, 6.45) is 4.89. The van der Waals surface area contributed by atoms with Crippen LogP contribution in [-0.2, 0) is 0 Å². The highest BCUT2D eigenvalue weighted by Crippen LogP contribution is 2.36. The van der Waals surface area contributed by atoms with Gasteiger partial charge in [0, 0.05) is 18.6 Å². The van der Waals surface area contributed by atoms with Crippen LogP contribution in [0.2, 0.25) is 0 Å². The topological polar surface area (TPSA) is 58.3 Å². The van der Waals surface area contributed by atoms with Crippen molar-refractivity contribution in [1.29, 1.82) is 0 Å². The predicted molar refractivity (Wildman–Crippen MR) is 68.2 cm³/mol. The van der Waals surface area contributed by atoms with E-state index >= 15 is 0 Å². The Labute approximate surface area is 99.8 Å². The van der Waals surface area contributed by atoms with Crippen LogP contribution in [0.15, 0.2) is 0 Å². The first-order valence-electron chi connectivity index (χ1n) is 6.65. The van der Waals surface area contributed by atoms with Crippen molar-refractivity contribution in [2.45, 2.75) is 39.5 Å². The summed E-state index contributed by atoms with van der Waals surface area (Å²) >= 11 is 0. The number of hydrogen-bond acceptors (Lipinski definition) is 3. The molecule has 0 radical (unpaired) electrons. The molecule has 0 heterocycles. The van der Waals surface area contributed by atoms with E-state index in [1.54, 1.807) is 0 Å². The van der Waals surface area contributed by atoms with Gasteiger partial charge in [0.2, 0.25) is 0 Å². The number of nitrogens with two attached hydrogens (primary N) is 1. The van der Waals surface area contributed by atoms with Crippen LogP contribution in [0.3, 0.4) is 0 Å². The zero-order chi connectivity index (χ0) is 12.0. The van der Waals surface area contributed by atoms with Gasteiger partial charge < -0.3 is 16.2 Å². The quantitative estimate of drug-likeness (QED) is 0.616. The zero-order valence-corrected chi connectivity index (χ0v) is 10.8. The molecule has 1 aliphatic carbocycles. The Bertz CT molecular complexity index is 188. The van der Waals surface area contributed by atoms with Crippen molar-refractivity contribution in [3.8, 4) is 0 Å². The lowest BCUT2D eigenvalue weighted by atomic mass is 9.86. The molecule has 1 unspecified atom stereocenters. The van der Waals surface area contributed by atoms with E-state index in [0.29, 0.717) is 18.4 Å². The molecule has 1 saturated carbocycles. The fourth-order valence-electron chi connectivity index (χ4n) is 2.63. The van der Waals surface area contributed by atoms with E-state index in [0.717, 1.165) is 19.6 Å². The van der Waals surface area contributed by atoms with Gasteiger partial charge in [-0.1, -0.05) is 26.7 Å². The van der Waals surface area contributed by atoms with Gasteiger partial charge in [0.1, 0.15) is 0 Å². The van der Waals surface area contributed by atoms with Gasteiger partial charge in [0.05, 0.1) is 0 Å². The van der Waals surface area contributed by atoms with E-state index in [-0.39, 0.29) is 5.41 Å². The molecular weight excluding hydrogens is 200 g/mol. The SMILES string of the molecule is CC(C)C(CN)CNCC1(CO)CCCC1. The lowest BCUT2D eigenvalue weighted by molar-refractivity contribution is 0.126. The van der Waals surface area contributed by atoms with E-state index in [1.807, 2.05) is 0 Å². The van der Waals surface area contributed by atoms with Crippen molar-refractivity contribution in [2.24, 2.45) is 23.0 Å². The lowest BCUT2D eigenvalue weighted by Crippen LogP contribution is -2.39. The first kappa shape index (κ1) is 13.9. The molecule has 0 aromatic heterocycles. The maximum Gasteiger partial charge on any atom is 0.0499 e. The molecule has 3 heteroatoms. The fourth-order valence-corrected chi connectivity index (χ4v) is 2.63. The minimum Gasteiger partial charge on any atom is -0.396 e. The molecule has 0 saturated heterocycles. The zero-order valence-electron chi connectivity index (χ0n) is 10.8. The van der Waals surface area contributed by atoms with Crippen LogP contribution >= 0.6 is 0 Å². The first-order chi connectivity index (χ1) is 7.63. The third-order valence-electron chi connectivity index (χ3n) is 4.15. The monoisotopic (exact) mass is 228 g/mol. The minimum absolute atomic E-state index is 0.163. The van der Waals surface area contributed by atoms with E-state index in [2.05, 4.69) is 19.2 Å². The van der Waals surface area contributed by atoms with Crippen molar-refractivity contribution in [1.82, 2.24) is 5.32 Å². The molecule has 0 aromatic carbocycles. The summed E-state index contributed by atoms with van der Waals surface area (Å²) in [6, 6.07) is 0. The van der Waals surface area contributed by atoms with E-state index < -0.39 is 0 Å². The number of hydrogen-bond donors (Lipinski definition) is 3. The maximum absolute atomic E-state index is 9.48. The summed E-state index contributed by atoms with van der Waals surface area (Å²) in [5.41, 5.74) is 5.91. The van der Waals surface area contributed by atoms with Crippen LogP contribution in [0.4, 0.5) is 0 Å². The average Bonchev–Trinajstić information content (AvgIpc) is 2.73. The largest absolute Gasteiger partial charge is 0.396 e. The van der Waals surface area contributed by atoms with Crippen molar-refractivity contribution in [3.63, 3.8) is 0 Å². The van der Waals surface area contributed by atoms with Crippen LogP contribution in [0.5, 0.6) is 0 Å². The number of aliphatic hydroxyl groups excluding tert-OH is 1. The van der Waals surface area contributed by atoms with Gasteiger partial charge in [-0.2, -0.15) is 0 Å². The summed E-state index contributed by atoms with van der Waals surface area (Å²) in [5.74, 6) is 1.18. The molecule has 1 rings (SSSR count). The maximum atomic E-state index is 9.48. The molecule has 96 valence electrons. The molecular formula is C13H28N2O. The number of nitrogens with one attached hydrogen (secondary N) is 1. The standard InChI is InChI=1S/C13H28N2O/c1-11(2)12(7-14)8-15-9-13(10-16)5-3-4-6-13/h11-12,15-16H,3-10,14H2,1-2H3. The molecule has 3 nitrogen and oxygen atoms in total. The molecule has 0 aromatic rings. The van der Waals surface area contributed by atoms with Crippen molar-refractivity contribution in [3.05, 3.63) is 0 Å². The molecule has 1 atom stereocenters. The highest BCUT2D eigenvalue weighted by molar-refractivity contribution is 4.86. The predicted octanol–water partition coefficient (Wildman–Crippen LogP) is 1.36. The summed E-state index contributed by atoms with van der Waals surface area (Å²) in [6.45, 7) is 7.45. The number of rotatable bonds is 7. The van der Waals surface area contributed by atoms with Gasteiger partial charge in [0.25, 0.3) is 0 Å². The molecule has 0 bridgehead atoms. The van der Waals surface area contributed by atoms with Gasteiger partial charge in [-0.15, -0.1) is 0 Å². The smallest absolute Gasteiger partial charge is 0.0499 e. The highest BCUT2D eigenvalue weighted by atomic mass is 16.3. The second kappa shape index (κ2) is 6.58. The molecule has 0 spiro atoms.